The van der Waals surface area contributed by atoms with Gasteiger partial charge in [0.1, 0.15) is 23.7 Å². The van der Waals surface area contributed by atoms with Crippen molar-refractivity contribution in [2.75, 3.05) is 5.32 Å². The Labute approximate surface area is 164 Å². The van der Waals surface area contributed by atoms with E-state index < -0.39 is 23.3 Å². The van der Waals surface area contributed by atoms with Gasteiger partial charge in [-0.15, -0.1) is 0 Å². The molecule has 1 amide bonds. The Morgan fingerprint density at radius 1 is 1.17 bits per heavy atom. The highest BCUT2D eigenvalue weighted by molar-refractivity contribution is 6.03. The molecule has 3 aromatic rings. The van der Waals surface area contributed by atoms with Crippen LogP contribution in [0.5, 0.6) is 11.5 Å². The molecule has 148 valence electrons. The third-order valence-corrected chi connectivity index (χ3v) is 3.85. The van der Waals surface area contributed by atoms with Crippen molar-refractivity contribution in [2.24, 2.45) is 0 Å². The lowest BCUT2D eigenvalue weighted by Crippen LogP contribution is -2.20. The largest absolute Gasteiger partial charge is 0.480 e. The number of carbonyl (C=O) groups is 2. The molecule has 0 radical (unpaired) electrons. The molecule has 10 nitrogen and oxygen atoms in total. The van der Waals surface area contributed by atoms with E-state index in [1.54, 1.807) is 12.1 Å². The molecule has 0 bridgehead atoms. The summed E-state index contributed by atoms with van der Waals surface area (Å²) >= 11 is 0. The highest BCUT2D eigenvalue weighted by Gasteiger charge is 2.17. The van der Waals surface area contributed by atoms with E-state index in [1.165, 1.54) is 30.5 Å². The first-order valence-electron chi connectivity index (χ1n) is 8.41. The van der Waals surface area contributed by atoms with Crippen molar-refractivity contribution in [3.63, 3.8) is 0 Å². The monoisotopic (exact) mass is 396 g/mol. The van der Waals surface area contributed by atoms with Crippen LogP contribution in [0.1, 0.15) is 16.1 Å². The van der Waals surface area contributed by atoms with E-state index in [4.69, 9.17) is 9.84 Å². The number of aliphatic carboxylic acids is 1. The number of nitrogens with one attached hydrogen (secondary N) is 1. The molecule has 0 aliphatic rings. The van der Waals surface area contributed by atoms with Crippen LogP contribution in [-0.4, -0.2) is 31.7 Å². The predicted molar refractivity (Wildman–Crippen MR) is 102 cm³/mol. The second-order valence-corrected chi connectivity index (χ2v) is 6.11. The SMILES string of the molecule is Cc1ccc(Oc2cc(NC(=O)c3ccnn3CC(=O)O)cc([N+](=O)[O-])c2)cc1. The first-order valence-corrected chi connectivity index (χ1v) is 8.41. The van der Waals surface area contributed by atoms with Gasteiger partial charge in [0.25, 0.3) is 11.6 Å². The summed E-state index contributed by atoms with van der Waals surface area (Å²) in [6.07, 6.45) is 1.29. The minimum atomic E-state index is -1.16. The van der Waals surface area contributed by atoms with E-state index in [9.17, 15) is 19.7 Å². The van der Waals surface area contributed by atoms with E-state index in [2.05, 4.69) is 10.4 Å². The molecule has 10 heteroatoms. The summed E-state index contributed by atoms with van der Waals surface area (Å²) in [5, 5.41) is 26.4. The van der Waals surface area contributed by atoms with Crippen LogP contribution in [0.2, 0.25) is 0 Å². The first-order chi connectivity index (χ1) is 13.8. The zero-order valence-electron chi connectivity index (χ0n) is 15.2. The number of amides is 1. The number of anilines is 1. The van der Waals surface area contributed by atoms with Crippen molar-refractivity contribution in [2.45, 2.75) is 13.5 Å². The maximum Gasteiger partial charge on any atom is 0.325 e. The second-order valence-electron chi connectivity index (χ2n) is 6.11. The number of benzene rings is 2. The van der Waals surface area contributed by atoms with Gasteiger partial charge in [-0.2, -0.15) is 5.10 Å². The number of hydrogen-bond acceptors (Lipinski definition) is 6. The van der Waals surface area contributed by atoms with Crippen LogP contribution in [-0.2, 0) is 11.3 Å². The van der Waals surface area contributed by atoms with E-state index >= 15 is 0 Å². The zero-order chi connectivity index (χ0) is 21.0. The van der Waals surface area contributed by atoms with Crippen LogP contribution >= 0.6 is 0 Å². The first kappa shape index (κ1) is 19.5. The van der Waals surface area contributed by atoms with Crippen molar-refractivity contribution < 1.29 is 24.4 Å². The number of aryl methyl sites for hydroxylation is 1. The summed E-state index contributed by atoms with van der Waals surface area (Å²) in [4.78, 5) is 34.0. The highest BCUT2D eigenvalue weighted by atomic mass is 16.6. The number of carboxylic acids is 1. The van der Waals surface area contributed by atoms with Gasteiger partial charge < -0.3 is 15.2 Å². The van der Waals surface area contributed by atoms with Gasteiger partial charge >= 0.3 is 5.97 Å². The molecular weight excluding hydrogens is 380 g/mol. The van der Waals surface area contributed by atoms with Crippen molar-refractivity contribution in [1.82, 2.24) is 9.78 Å². The molecule has 0 saturated carbocycles. The predicted octanol–water partition coefficient (Wildman–Crippen LogP) is 3.23. The molecule has 1 aromatic heterocycles. The van der Waals surface area contributed by atoms with Crippen molar-refractivity contribution in [1.29, 1.82) is 0 Å². The fraction of sp³-hybridized carbons (Fsp3) is 0.105. The summed E-state index contributed by atoms with van der Waals surface area (Å²) in [6, 6.07) is 12.3. The van der Waals surface area contributed by atoms with Gasteiger partial charge in [-0.25, -0.2) is 4.68 Å². The zero-order valence-corrected chi connectivity index (χ0v) is 15.2. The Balaban J connectivity index is 1.86. The lowest BCUT2D eigenvalue weighted by molar-refractivity contribution is -0.384. The Bertz CT molecular complexity index is 1070. The minimum Gasteiger partial charge on any atom is -0.480 e. The van der Waals surface area contributed by atoms with Crippen LogP contribution in [0.4, 0.5) is 11.4 Å². The van der Waals surface area contributed by atoms with Crippen molar-refractivity contribution >= 4 is 23.3 Å². The fourth-order valence-corrected chi connectivity index (χ4v) is 2.54. The number of rotatable bonds is 7. The summed E-state index contributed by atoms with van der Waals surface area (Å²) in [5.74, 6) is -1.18. The standard InChI is InChI=1S/C19H16N4O6/c1-12-2-4-15(5-3-12)29-16-9-13(8-14(10-16)23(27)28)21-19(26)17-6-7-20-22(17)11-18(24)25/h2-10H,11H2,1H3,(H,21,26)(H,24,25). The summed E-state index contributed by atoms with van der Waals surface area (Å²) in [7, 11) is 0. The molecule has 0 spiro atoms. The number of nitrogens with zero attached hydrogens (tertiary/aromatic N) is 3. The minimum absolute atomic E-state index is 0.0000842. The second kappa shape index (κ2) is 8.21. The summed E-state index contributed by atoms with van der Waals surface area (Å²) < 4.78 is 6.68. The third-order valence-electron chi connectivity index (χ3n) is 3.85. The number of hydrogen-bond donors (Lipinski definition) is 2. The maximum atomic E-state index is 12.5. The number of non-ortho nitro benzene ring substituents is 1. The Hall–Kier alpha value is -4.21. The number of aromatic nitrogens is 2. The van der Waals surface area contributed by atoms with Crippen LogP contribution in [0.3, 0.4) is 0 Å². The van der Waals surface area contributed by atoms with Crippen LogP contribution in [0.15, 0.2) is 54.7 Å². The molecular formula is C19H16N4O6. The number of ether oxygens (including phenoxy) is 1. The van der Waals surface area contributed by atoms with Gasteiger partial charge in [0.05, 0.1) is 16.7 Å². The van der Waals surface area contributed by atoms with Crippen LogP contribution in [0.25, 0.3) is 0 Å². The third kappa shape index (κ3) is 4.95. The number of carboxylic acid groups (broad SMARTS) is 1. The quantitative estimate of drug-likeness (QED) is 0.462. The van der Waals surface area contributed by atoms with Gasteiger partial charge in [0, 0.05) is 18.3 Å². The molecule has 0 atom stereocenters. The van der Waals surface area contributed by atoms with Gasteiger partial charge in [0.2, 0.25) is 0 Å². The van der Waals surface area contributed by atoms with E-state index in [0.717, 1.165) is 10.2 Å². The summed E-state index contributed by atoms with van der Waals surface area (Å²) in [6.45, 7) is 1.42. The molecule has 0 unspecified atom stereocenters. The van der Waals surface area contributed by atoms with Crippen molar-refractivity contribution in [3.8, 4) is 11.5 Å². The molecule has 0 aliphatic heterocycles. The molecule has 3 rings (SSSR count). The molecule has 2 aromatic carbocycles. The molecule has 0 saturated heterocycles. The van der Waals surface area contributed by atoms with Gasteiger partial charge in [0.15, 0.2) is 0 Å². The maximum absolute atomic E-state index is 12.5. The molecule has 29 heavy (non-hydrogen) atoms. The lowest BCUT2D eigenvalue weighted by Gasteiger charge is -2.10. The average molecular weight is 396 g/mol. The molecule has 1 heterocycles. The molecule has 2 N–H and O–H groups in total. The topological polar surface area (TPSA) is 137 Å². The van der Waals surface area contributed by atoms with Crippen molar-refractivity contribution in [3.05, 3.63) is 76.1 Å². The lowest BCUT2D eigenvalue weighted by atomic mass is 10.2. The van der Waals surface area contributed by atoms with E-state index in [0.29, 0.717) is 5.75 Å². The highest BCUT2D eigenvalue weighted by Crippen LogP contribution is 2.30. The molecule has 0 fully saturated rings. The van der Waals surface area contributed by atoms with E-state index in [-0.39, 0.29) is 22.8 Å². The van der Waals surface area contributed by atoms with E-state index in [1.807, 2.05) is 19.1 Å². The molecule has 0 aliphatic carbocycles. The smallest absolute Gasteiger partial charge is 0.325 e. The average Bonchev–Trinajstić information content (AvgIpc) is 3.11. The Morgan fingerprint density at radius 2 is 1.90 bits per heavy atom. The number of nitro groups is 1. The van der Waals surface area contributed by atoms with Crippen LogP contribution < -0.4 is 10.1 Å². The van der Waals surface area contributed by atoms with Gasteiger partial charge in [-0.1, -0.05) is 17.7 Å². The normalized spacial score (nSPS) is 10.4. The van der Waals surface area contributed by atoms with Gasteiger partial charge in [-0.3, -0.25) is 19.7 Å². The summed E-state index contributed by atoms with van der Waals surface area (Å²) in [5.41, 5.74) is 0.876. The number of carbonyl (C=O) groups excluding carboxylic acids is 1. The number of nitro benzene ring substituents is 1. The van der Waals surface area contributed by atoms with Gasteiger partial charge in [-0.05, 0) is 25.1 Å². The van der Waals surface area contributed by atoms with Crippen LogP contribution in [0, 0.1) is 17.0 Å². The Kier molecular flexibility index (Phi) is 5.54. The Morgan fingerprint density at radius 3 is 2.55 bits per heavy atom. The fourth-order valence-electron chi connectivity index (χ4n) is 2.54.